The molecule has 1 heterocycles. The van der Waals surface area contributed by atoms with Crippen LogP contribution in [-0.2, 0) is 15.6 Å². The number of hydrogen-bond donors (Lipinski definition) is 2. The van der Waals surface area contributed by atoms with Crippen molar-refractivity contribution in [1.82, 2.24) is 9.97 Å². The van der Waals surface area contributed by atoms with E-state index in [2.05, 4.69) is 30.7 Å². The summed E-state index contributed by atoms with van der Waals surface area (Å²) in [4.78, 5) is 18.2. The van der Waals surface area contributed by atoms with E-state index in [0.29, 0.717) is 5.82 Å². The lowest BCUT2D eigenvalue weighted by atomic mass is 9.92. The molecule has 1 aromatic heterocycles. The Morgan fingerprint density at radius 1 is 1.33 bits per heavy atom. The van der Waals surface area contributed by atoms with Crippen LogP contribution in [0.2, 0.25) is 0 Å². The molecule has 0 atom stereocenters. The van der Waals surface area contributed by atoms with Crippen LogP contribution < -0.4 is 0 Å². The molecule has 4 heteroatoms. The number of imidazole rings is 1. The number of carboxylic acid groups (broad SMARTS) is 1. The Balaban J connectivity index is 3.10. The van der Waals surface area contributed by atoms with Crippen LogP contribution in [0.1, 0.15) is 46.1 Å². The molecular weight excluding hydrogens is 192 g/mol. The zero-order valence-electron chi connectivity index (χ0n) is 9.88. The van der Waals surface area contributed by atoms with Crippen molar-refractivity contribution in [2.75, 3.05) is 0 Å². The molecule has 0 saturated carbocycles. The third kappa shape index (κ3) is 2.19. The summed E-state index contributed by atoms with van der Waals surface area (Å²) >= 11 is 0. The van der Waals surface area contributed by atoms with Gasteiger partial charge in [0.05, 0.1) is 0 Å². The van der Waals surface area contributed by atoms with Crippen LogP contribution in [0.5, 0.6) is 0 Å². The topological polar surface area (TPSA) is 66.0 Å². The minimum atomic E-state index is -0.969. The molecule has 15 heavy (non-hydrogen) atoms. The molecule has 0 aliphatic heterocycles. The summed E-state index contributed by atoms with van der Waals surface area (Å²) in [5, 5.41) is 9.05. The minimum Gasteiger partial charge on any atom is -0.481 e. The molecule has 0 amide bonds. The zero-order valence-corrected chi connectivity index (χ0v) is 9.88. The van der Waals surface area contributed by atoms with E-state index in [1.54, 1.807) is 20.0 Å². The van der Waals surface area contributed by atoms with Crippen LogP contribution in [0.4, 0.5) is 0 Å². The number of aromatic amines is 1. The Bertz CT molecular complexity index is 372. The molecule has 0 unspecified atom stereocenters. The van der Waals surface area contributed by atoms with Gasteiger partial charge in [-0.1, -0.05) is 20.8 Å². The Hall–Kier alpha value is -1.32. The smallest absolute Gasteiger partial charge is 0.316 e. The maximum Gasteiger partial charge on any atom is 0.316 e. The molecular formula is C11H18N2O2. The van der Waals surface area contributed by atoms with E-state index in [1.807, 2.05) is 0 Å². The molecule has 0 bridgehead atoms. The Morgan fingerprint density at radius 2 is 1.87 bits per heavy atom. The second-order valence-electron chi connectivity index (χ2n) is 5.33. The van der Waals surface area contributed by atoms with Gasteiger partial charge in [0.2, 0.25) is 0 Å². The van der Waals surface area contributed by atoms with E-state index in [4.69, 9.17) is 5.11 Å². The van der Waals surface area contributed by atoms with Gasteiger partial charge in [-0.25, -0.2) is 4.98 Å². The summed E-state index contributed by atoms with van der Waals surface area (Å²) in [6.45, 7) is 9.44. The molecule has 0 radical (unpaired) electrons. The number of carbonyl (C=O) groups is 1. The Labute approximate surface area is 89.7 Å². The number of carboxylic acids is 1. The van der Waals surface area contributed by atoms with E-state index in [9.17, 15) is 4.79 Å². The van der Waals surface area contributed by atoms with Gasteiger partial charge in [0, 0.05) is 17.3 Å². The lowest BCUT2D eigenvalue weighted by Gasteiger charge is -2.18. The van der Waals surface area contributed by atoms with E-state index in [0.717, 1.165) is 5.69 Å². The van der Waals surface area contributed by atoms with E-state index >= 15 is 0 Å². The number of hydrogen-bond acceptors (Lipinski definition) is 2. The highest BCUT2D eigenvalue weighted by molar-refractivity contribution is 5.78. The first-order valence-corrected chi connectivity index (χ1v) is 4.95. The summed E-state index contributed by atoms with van der Waals surface area (Å²) in [6.07, 6.45) is 1.71. The van der Waals surface area contributed by atoms with Crippen molar-refractivity contribution < 1.29 is 9.90 Å². The third-order valence-electron chi connectivity index (χ3n) is 2.51. The minimum absolute atomic E-state index is 0.0418. The number of rotatable bonds is 2. The summed E-state index contributed by atoms with van der Waals surface area (Å²) in [7, 11) is 0. The van der Waals surface area contributed by atoms with Crippen LogP contribution in [0, 0.1) is 0 Å². The van der Waals surface area contributed by atoms with Gasteiger partial charge in [0.1, 0.15) is 11.2 Å². The first-order chi connectivity index (χ1) is 6.65. The molecule has 4 nitrogen and oxygen atoms in total. The molecule has 0 aliphatic carbocycles. The quantitative estimate of drug-likeness (QED) is 0.785. The number of nitrogens with one attached hydrogen (secondary N) is 1. The first kappa shape index (κ1) is 11.8. The lowest BCUT2D eigenvalue weighted by Crippen LogP contribution is -2.30. The molecule has 0 saturated heterocycles. The van der Waals surface area contributed by atoms with Gasteiger partial charge in [-0.2, -0.15) is 0 Å². The average molecular weight is 210 g/mol. The van der Waals surface area contributed by atoms with Crippen LogP contribution >= 0.6 is 0 Å². The molecule has 84 valence electrons. The molecule has 0 aliphatic rings. The van der Waals surface area contributed by atoms with Gasteiger partial charge in [-0.3, -0.25) is 4.79 Å². The summed E-state index contributed by atoms with van der Waals surface area (Å²) in [5.41, 5.74) is -0.0598. The lowest BCUT2D eigenvalue weighted by molar-refractivity contribution is -0.142. The Kier molecular flexibility index (Phi) is 2.63. The van der Waals surface area contributed by atoms with Gasteiger partial charge in [-0.15, -0.1) is 0 Å². The van der Waals surface area contributed by atoms with Crippen molar-refractivity contribution in [2.45, 2.75) is 45.4 Å². The van der Waals surface area contributed by atoms with Crippen molar-refractivity contribution in [1.29, 1.82) is 0 Å². The van der Waals surface area contributed by atoms with Crippen molar-refractivity contribution in [2.24, 2.45) is 0 Å². The fourth-order valence-electron chi connectivity index (χ4n) is 1.12. The maximum absolute atomic E-state index is 11.0. The van der Waals surface area contributed by atoms with Gasteiger partial charge in [0.25, 0.3) is 0 Å². The van der Waals surface area contributed by atoms with Crippen molar-refractivity contribution in [3.8, 4) is 0 Å². The second-order valence-corrected chi connectivity index (χ2v) is 5.33. The molecule has 1 aromatic rings. The molecule has 0 spiro atoms. The largest absolute Gasteiger partial charge is 0.481 e. The SMILES string of the molecule is CC(C)(C)c1cnc(C(C)(C)C(=O)O)[nH]1. The van der Waals surface area contributed by atoms with Gasteiger partial charge < -0.3 is 10.1 Å². The van der Waals surface area contributed by atoms with E-state index in [1.165, 1.54) is 0 Å². The van der Waals surface area contributed by atoms with Gasteiger partial charge >= 0.3 is 5.97 Å². The number of nitrogens with zero attached hydrogens (tertiary/aromatic N) is 1. The molecule has 2 N–H and O–H groups in total. The summed E-state index contributed by atoms with van der Waals surface area (Å²) < 4.78 is 0. The predicted octanol–water partition coefficient (Wildman–Crippen LogP) is 2.07. The van der Waals surface area contributed by atoms with Crippen LogP contribution in [0.15, 0.2) is 6.20 Å². The summed E-state index contributed by atoms with van der Waals surface area (Å²) in [6, 6.07) is 0. The number of aromatic nitrogens is 2. The first-order valence-electron chi connectivity index (χ1n) is 4.95. The molecule has 0 aromatic carbocycles. The van der Waals surface area contributed by atoms with E-state index < -0.39 is 11.4 Å². The predicted molar refractivity (Wildman–Crippen MR) is 57.9 cm³/mol. The average Bonchev–Trinajstić information content (AvgIpc) is 2.50. The van der Waals surface area contributed by atoms with Crippen LogP contribution in [0.25, 0.3) is 0 Å². The van der Waals surface area contributed by atoms with Crippen molar-refractivity contribution in [3.05, 3.63) is 17.7 Å². The zero-order chi connectivity index (χ0) is 11.9. The van der Waals surface area contributed by atoms with Gasteiger partial charge in [0.15, 0.2) is 0 Å². The third-order valence-corrected chi connectivity index (χ3v) is 2.51. The standard InChI is InChI=1S/C11H18N2O2/c1-10(2,3)7-6-12-8(13-7)11(4,5)9(14)15/h6H,1-5H3,(H,12,13)(H,14,15). The highest BCUT2D eigenvalue weighted by atomic mass is 16.4. The van der Waals surface area contributed by atoms with Crippen LogP contribution in [-0.4, -0.2) is 21.0 Å². The highest BCUT2D eigenvalue weighted by Gasteiger charge is 2.33. The monoisotopic (exact) mass is 210 g/mol. The van der Waals surface area contributed by atoms with Crippen LogP contribution in [0.3, 0.4) is 0 Å². The molecule has 0 fully saturated rings. The second kappa shape index (κ2) is 3.36. The van der Waals surface area contributed by atoms with Crippen molar-refractivity contribution >= 4 is 5.97 Å². The number of H-pyrrole nitrogens is 1. The van der Waals surface area contributed by atoms with E-state index in [-0.39, 0.29) is 5.41 Å². The van der Waals surface area contributed by atoms with Gasteiger partial charge in [-0.05, 0) is 13.8 Å². The number of aliphatic carboxylic acids is 1. The van der Waals surface area contributed by atoms with Crippen molar-refractivity contribution in [3.63, 3.8) is 0 Å². The Morgan fingerprint density at radius 3 is 2.20 bits per heavy atom. The fourth-order valence-corrected chi connectivity index (χ4v) is 1.12. The molecule has 1 rings (SSSR count). The fraction of sp³-hybridized carbons (Fsp3) is 0.636. The summed E-state index contributed by atoms with van der Waals surface area (Å²) in [5.74, 6) is -0.378. The maximum atomic E-state index is 11.0. The highest BCUT2D eigenvalue weighted by Crippen LogP contribution is 2.25. The normalized spacial score (nSPS) is 12.9.